The molecule has 5 heteroatoms. The average Bonchev–Trinajstić information content (AvgIpc) is 2.45. The van der Waals surface area contributed by atoms with E-state index in [0.29, 0.717) is 17.0 Å². The predicted molar refractivity (Wildman–Crippen MR) is 85.8 cm³/mol. The highest BCUT2D eigenvalue weighted by molar-refractivity contribution is 7.86. The van der Waals surface area contributed by atoms with Crippen molar-refractivity contribution >= 4 is 21.7 Å². The molecule has 2 rings (SSSR count). The number of rotatable bonds is 5. The quantitative estimate of drug-likeness (QED) is 0.764. The maximum atomic E-state index is 11.5. The Morgan fingerprint density at radius 2 is 1.76 bits per heavy atom. The number of hydrogen-bond acceptors (Lipinski definition) is 3. The van der Waals surface area contributed by atoms with Gasteiger partial charge in [-0.3, -0.25) is 4.18 Å². The summed E-state index contributed by atoms with van der Waals surface area (Å²) >= 11 is 6.31. The normalized spacial score (nSPS) is 13.1. The number of halogens is 1. The molecule has 21 heavy (non-hydrogen) atoms. The molecule has 0 heterocycles. The lowest BCUT2D eigenvalue weighted by Crippen LogP contribution is -2.11. The van der Waals surface area contributed by atoms with E-state index in [9.17, 15) is 8.42 Å². The summed E-state index contributed by atoms with van der Waals surface area (Å²) in [6.07, 6.45) is 0.967. The summed E-state index contributed by atoms with van der Waals surface area (Å²) in [5.41, 5.74) is 2.57. The lowest BCUT2D eigenvalue weighted by atomic mass is 9.95. The molecule has 1 atom stereocenters. The molecule has 0 aliphatic carbocycles. The lowest BCUT2D eigenvalue weighted by Gasteiger charge is -2.20. The van der Waals surface area contributed by atoms with E-state index in [4.69, 9.17) is 15.8 Å². The highest BCUT2D eigenvalue weighted by atomic mass is 35.5. The molecule has 2 aromatic carbocycles. The highest BCUT2D eigenvalue weighted by Gasteiger charge is 2.22. The van der Waals surface area contributed by atoms with Crippen LogP contribution in [0.25, 0.3) is 11.1 Å². The molecule has 0 aliphatic rings. The van der Waals surface area contributed by atoms with E-state index in [2.05, 4.69) is 0 Å². The van der Waals surface area contributed by atoms with Crippen LogP contribution in [0.15, 0.2) is 48.5 Å². The van der Waals surface area contributed by atoms with Crippen molar-refractivity contribution in [3.8, 4) is 11.1 Å². The van der Waals surface area contributed by atoms with Gasteiger partial charge in [-0.1, -0.05) is 61.0 Å². The topological polar surface area (TPSA) is 43.4 Å². The van der Waals surface area contributed by atoms with Gasteiger partial charge in [-0.15, -0.1) is 0 Å². The first-order chi connectivity index (χ1) is 9.92. The van der Waals surface area contributed by atoms with Crippen molar-refractivity contribution in [2.45, 2.75) is 19.4 Å². The first-order valence-electron chi connectivity index (χ1n) is 6.64. The molecule has 0 aliphatic heterocycles. The first kappa shape index (κ1) is 16.0. The van der Waals surface area contributed by atoms with Crippen LogP contribution < -0.4 is 0 Å². The molecule has 0 N–H and O–H groups in total. The minimum atomic E-state index is -3.56. The van der Waals surface area contributed by atoms with Crippen LogP contribution in [0.3, 0.4) is 0 Å². The lowest BCUT2D eigenvalue weighted by molar-refractivity contribution is 0.212. The number of benzene rings is 2. The third-order valence-corrected chi connectivity index (χ3v) is 4.03. The van der Waals surface area contributed by atoms with Gasteiger partial charge in [0, 0.05) is 10.6 Å². The molecule has 0 saturated carbocycles. The fourth-order valence-electron chi connectivity index (χ4n) is 2.26. The molecule has 0 radical (unpaired) electrons. The van der Waals surface area contributed by atoms with Crippen LogP contribution in [0.1, 0.15) is 25.0 Å². The van der Waals surface area contributed by atoms with Gasteiger partial charge in [-0.05, 0) is 23.6 Å². The Balaban J connectivity index is 2.57. The molecular formula is C16H17ClO3S. The second-order valence-electron chi connectivity index (χ2n) is 4.76. The second kappa shape index (κ2) is 6.60. The second-order valence-corrected chi connectivity index (χ2v) is 6.77. The largest absolute Gasteiger partial charge is 0.264 e. The van der Waals surface area contributed by atoms with Crippen LogP contribution in [-0.2, 0) is 14.3 Å². The summed E-state index contributed by atoms with van der Waals surface area (Å²) in [4.78, 5) is 0. The highest BCUT2D eigenvalue weighted by Crippen LogP contribution is 2.37. The van der Waals surface area contributed by atoms with Crippen LogP contribution in [0, 0.1) is 0 Å². The minimum Gasteiger partial charge on any atom is -0.262 e. The smallest absolute Gasteiger partial charge is 0.262 e. The van der Waals surface area contributed by atoms with Gasteiger partial charge in [0.2, 0.25) is 0 Å². The zero-order chi connectivity index (χ0) is 15.5. The molecule has 0 bridgehead atoms. The van der Waals surface area contributed by atoms with Crippen LogP contribution in [0.2, 0.25) is 5.02 Å². The Labute approximate surface area is 130 Å². The van der Waals surface area contributed by atoms with E-state index < -0.39 is 16.2 Å². The van der Waals surface area contributed by atoms with E-state index in [1.807, 2.05) is 49.4 Å². The monoisotopic (exact) mass is 324 g/mol. The van der Waals surface area contributed by atoms with Crippen LogP contribution >= 0.6 is 11.6 Å². The van der Waals surface area contributed by atoms with Gasteiger partial charge in [0.15, 0.2) is 0 Å². The molecule has 0 fully saturated rings. The van der Waals surface area contributed by atoms with Gasteiger partial charge < -0.3 is 0 Å². The molecule has 0 aromatic heterocycles. The maximum absolute atomic E-state index is 11.5. The molecule has 3 nitrogen and oxygen atoms in total. The fourth-order valence-corrected chi connectivity index (χ4v) is 3.22. The fraction of sp³-hybridized carbons (Fsp3) is 0.250. The zero-order valence-corrected chi connectivity index (χ0v) is 13.5. The summed E-state index contributed by atoms with van der Waals surface area (Å²) in [6.45, 7) is 1.87. The van der Waals surface area contributed by atoms with Gasteiger partial charge in [0.25, 0.3) is 10.1 Å². The standard InChI is InChI=1S/C16H17ClO3S/c1-3-15(20-21(2,18)19)16-13(10-7-11-14(16)17)12-8-5-4-6-9-12/h4-11,15H,3H2,1-2H3. The summed E-state index contributed by atoms with van der Waals surface area (Å²) in [5.74, 6) is 0. The zero-order valence-electron chi connectivity index (χ0n) is 11.9. The summed E-state index contributed by atoms with van der Waals surface area (Å²) < 4.78 is 28.1. The van der Waals surface area contributed by atoms with E-state index in [1.165, 1.54) is 0 Å². The SMILES string of the molecule is CCC(OS(C)(=O)=O)c1c(Cl)cccc1-c1ccccc1. The van der Waals surface area contributed by atoms with Crippen molar-refractivity contribution in [3.05, 3.63) is 59.1 Å². The van der Waals surface area contributed by atoms with E-state index in [0.717, 1.165) is 17.4 Å². The molecule has 0 amide bonds. The van der Waals surface area contributed by atoms with Crippen molar-refractivity contribution in [2.75, 3.05) is 6.26 Å². The van der Waals surface area contributed by atoms with Gasteiger partial charge in [-0.25, -0.2) is 0 Å². The van der Waals surface area contributed by atoms with Crippen LogP contribution in [0.5, 0.6) is 0 Å². The van der Waals surface area contributed by atoms with Crippen LogP contribution in [0.4, 0.5) is 0 Å². The third kappa shape index (κ3) is 4.06. The van der Waals surface area contributed by atoms with Gasteiger partial charge in [0.1, 0.15) is 6.10 Å². The molecule has 1 unspecified atom stereocenters. The Morgan fingerprint density at radius 1 is 1.10 bits per heavy atom. The minimum absolute atomic E-state index is 0.506. The van der Waals surface area contributed by atoms with Crippen molar-refractivity contribution < 1.29 is 12.6 Å². The molecule has 0 spiro atoms. The Bertz CT molecular complexity index is 712. The van der Waals surface area contributed by atoms with E-state index in [-0.39, 0.29) is 0 Å². The Hall–Kier alpha value is -1.36. The van der Waals surface area contributed by atoms with Crippen LogP contribution in [-0.4, -0.2) is 14.7 Å². The van der Waals surface area contributed by atoms with Gasteiger partial charge >= 0.3 is 0 Å². The van der Waals surface area contributed by atoms with Crippen molar-refractivity contribution in [1.82, 2.24) is 0 Å². The molecule has 112 valence electrons. The van der Waals surface area contributed by atoms with E-state index >= 15 is 0 Å². The Kier molecular flexibility index (Phi) is 5.04. The molecule has 2 aromatic rings. The summed E-state index contributed by atoms with van der Waals surface area (Å²) in [5, 5.41) is 0.506. The van der Waals surface area contributed by atoms with Gasteiger partial charge in [-0.2, -0.15) is 8.42 Å². The summed E-state index contributed by atoms with van der Waals surface area (Å²) in [7, 11) is -3.56. The predicted octanol–water partition coefficient (Wildman–Crippen LogP) is 4.43. The molecule has 0 saturated heterocycles. The van der Waals surface area contributed by atoms with Crippen molar-refractivity contribution in [2.24, 2.45) is 0 Å². The van der Waals surface area contributed by atoms with Crippen molar-refractivity contribution in [1.29, 1.82) is 0 Å². The van der Waals surface area contributed by atoms with Gasteiger partial charge in [0.05, 0.1) is 6.26 Å². The average molecular weight is 325 g/mol. The summed E-state index contributed by atoms with van der Waals surface area (Å²) in [6, 6.07) is 15.2. The maximum Gasteiger partial charge on any atom is 0.264 e. The Morgan fingerprint density at radius 3 is 2.33 bits per heavy atom. The third-order valence-electron chi connectivity index (χ3n) is 3.12. The number of hydrogen-bond donors (Lipinski definition) is 0. The first-order valence-corrected chi connectivity index (χ1v) is 8.84. The van der Waals surface area contributed by atoms with Crippen molar-refractivity contribution in [3.63, 3.8) is 0 Å². The van der Waals surface area contributed by atoms with E-state index in [1.54, 1.807) is 6.07 Å². The molecular weight excluding hydrogens is 308 g/mol.